The molecule has 0 saturated heterocycles. The standard InChI is InChI=1S/C28H32N4O2/c1-19-18-30-28(32-25(19)17-22-10-6-11-24(22)27(29)34)31-23-15-13-21(14-16-23)26(33)12-5-9-20-7-3-2-4-8-20/h2-4,7-8,13-16,18,22,24H,5-6,9-12,17H2,1H3,(H2,29,34)(H,30,31,32)/t22-,24-/m0/s1. The Labute approximate surface area is 201 Å². The predicted molar refractivity (Wildman–Crippen MR) is 134 cm³/mol. The Morgan fingerprint density at radius 2 is 1.82 bits per heavy atom. The number of amides is 1. The van der Waals surface area contributed by atoms with E-state index >= 15 is 0 Å². The summed E-state index contributed by atoms with van der Waals surface area (Å²) in [5, 5.41) is 3.24. The number of hydrogen-bond donors (Lipinski definition) is 2. The van der Waals surface area contributed by atoms with Gasteiger partial charge in [0.25, 0.3) is 0 Å². The molecule has 34 heavy (non-hydrogen) atoms. The molecule has 1 saturated carbocycles. The highest BCUT2D eigenvalue weighted by Crippen LogP contribution is 2.34. The number of Topliss-reactive ketones (excluding diaryl/α,β-unsaturated/α-hetero) is 1. The van der Waals surface area contributed by atoms with Crippen LogP contribution in [-0.4, -0.2) is 21.7 Å². The van der Waals surface area contributed by atoms with Crippen molar-refractivity contribution in [1.82, 2.24) is 9.97 Å². The summed E-state index contributed by atoms with van der Waals surface area (Å²) in [5.41, 5.74) is 10.3. The molecule has 0 bridgehead atoms. The summed E-state index contributed by atoms with van der Waals surface area (Å²) in [6.07, 6.45) is 7.70. The molecular formula is C28H32N4O2. The van der Waals surface area contributed by atoms with Gasteiger partial charge in [-0.05, 0) is 80.3 Å². The van der Waals surface area contributed by atoms with Crippen molar-refractivity contribution in [3.63, 3.8) is 0 Å². The largest absolute Gasteiger partial charge is 0.369 e. The molecule has 3 N–H and O–H groups in total. The SMILES string of the molecule is Cc1cnc(Nc2ccc(C(=O)CCCc3ccccc3)cc2)nc1C[C@@H]1CCC[C@@H]1C(N)=O. The number of aryl methyl sites for hydroxylation is 2. The van der Waals surface area contributed by atoms with E-state index in [4.69, 9.17) is 10.7 Å². The van der Waals surface area contributed by atoms with Gasteiger partial charge in [0.2, 0.25) is 11.9 Å². The van der Waals surface area contributed by atoms with Crippen LogP contribution in [0.15, 0.2) is 60.8 Å². The van der Waals surface area contributed by atoms with Crippen LogP contribution < -0.4 is 11.1 Å². The zero-order valence-electron chi connectivity index (χ0n) is 19.7. The molecule has 0 aliphatic heterocycles. The highest BCUT2D eigenvalue weighted by atomic mass is 16.1. The fourth-order valence-corrected chi connectivity index (χ4v) is 4.76. The van der Waals surface area contributed by atoms with Crippen molar-refractivity contribution in [3.05, 3.63) is 83.2 Å². The summed E-state index contributed by atoms with van der Waals surface area (Å²) >= 11 is 0. The number of nitrogens with zero attached hydrogens (tertiary/aromatic N) is 2. The highest BCUT2D eigenvalue weighted by molar-refractivity contribution is 5.96. The molecule has 4 rings (SSSR count). The molecule has 1 aliphatic carbocycles. The first-order valence-electron chi connectivity index (χ1n) is 12.1. The fourth-order valence-electron chi connectivity index (χ4n) is 4.76. The number of carbonyl (C=O) groups is 2. The molecule has 2 atom stereocenters. The average molecular weight is 457 g/mol. The van der Waals surface area contributed by atoms with Gasteiger partial charge in [-0.1, -0.05) is 36.8 Å². The van der Waals surface area contributed by atoms with Crippen molar-refractivity contribution in [2.24, 2.45) is 17.6 Å². The number of carbonyl (C=O) groups excluding carboxylic acids is 2. The van der Waals surface area contributed by atoms with E-state index in [1.807, 2.05) is 55.6 Å². The predicted octanol–water partition coefficient (Wildman–Crippen LogP) is 5.18. The Balaban J connectivity index is 1.34. The van der Waals surface area contributed by atoms with Crippen LogP contribution in [0.2, 0.25) is 0 Å². The molecule has 6 heteroatoms. The lowest BCUT2D eigenvalue weighted by atomic mass is 9.90. The second-order valence-corrected chi connectivity index (χ2v) is 9.19. The number of nitrogens with one attached hydrogen (secondary N) is 1. The number of ketones is 1. The molecule has 2 aromatic carbocycles. The summed E-state index contributed by atoms with van der Waals surface area (Å²) in [7, 11) is 0. The zero-order valence-corrected chi connectivity index (χ0v) is 19.7. The van der Waals surface area contributed by atoms with Crippen molar-refractivity contribution < 1.29 is 9.59 Å². The Morgan fingerprint density at radius 3 is 2.56 bits per heavy atom. The number of benzene rings is 2. The Hall–Kier alpha value is -3.54. The van der Waals surface area contributed by atoms with Crippen LogP contribution in [0, 0.1) is 18.8 Å². The normalized spacial score (nSPS) is 17.4. The third-order valence-corrected chi connectivity index (χ3v) is 6.73. The topological polar surface area (TPSA) is 98.0 Å². The van der Waals surface area contributed by atoms with Crippen LogP contribution >= 0.6 is 0 Å². The van der Waals surface area contributed by atoms with E-state index in [0.29, 0.717) is 17.9 Å². The maximum atomic E-state index is 12.5. The van der Waals surface area contributed by atoms with Crippen molar-refractivity contribution in [2.75, 3.05) is 5.32 Å². The van der Waals surface area contributed by atoms with E-state index in [9.17, 15) is 9.59 Å². The number of anilines is 2. The van der Waals surface area contributed by atoms with Crippen LogP contribution in [-0.2, 0) is 17.6 Å². The Bertz CT molecular complexity index is 1130. The summed E-state index contributed by atoms with van der Waals surface area (Å²) in [4.78, 5) is 33.4. The van der Waals surface area contributed by atoms with E-state index in [1.165, 1.54) is 5.56 Å². The smallest absolute Gasteiger partial charge is 0.227 e. The summed E-state index contributed by atoms with van der Waals surface area (Å²) in [6.45, 7) is 1.99. The third-order valence-electron chi connectivity index (χ3n) is 6.73. The quantitative estimate of drug-likeness (QED) is 0.410. The second-order valence-electron chi connectivity index (χ2n) is 9.19. The Kier molecular flexibility index (Phi) is 7.68. The van der Waals surface area contributed by atoms with Crippen LogP contribution in [0.4, 0.5) is 11.6 Å². The fraction of sp³-hybridized carbons (Fsp3) is 0.357. The lowest BCUT2D eigenvalue weighted by Gasteiger charge is -2.17. The molecule has 3 aromatic rings. The van der Waals surface area contributed by atoms with E-state index in [2.05, 4.69) is 22.4 Å². The first-order valence-corrected chi connectivity index (χ1v) is 12.1. The van der Waals surface area contributed by atoms with Gasteiger partial charge in [-0.2, -0.15) is 0 Å². The Morgan fingerprint density at radius 1 is 1.06 bits per heavy atom. The van der Waals surface area contributed by atoms with Crippen LogP contribution in [0.3, 0.4) is 0 Å². The molecule has 0 spiro atoms. The molecule has 176 valence electrons. The summed E-state index contributed by atoms with van der Waals surface area (Å²) in [6, 6.07) is 17.7. The summed E-state index contributed by atoms with van der Waals surface area (Å²) < 4.78 is 0. The number of rotatable bonds is 10. The molecule has 1 fully saturated rings. The van der Waals surface area contributed by atoms with Crippen LogP contribution in [0.25, 0.3) is 0 Å². The number of hydrogen-bond acceptors (Lipinski definition) is 5. The lowest BCUT2D eigenvalue weighted by Crippen LogP contribution is -2.27. The molecule has 0 radical (unpaired) electrons. The van der Waals surface area contributed by atoms with E-state index in [-0.39, 0.29) is 23.5 Å². The molecule has 0 unspecified atom stereocenters. The van der Waals surface area contributed by atoms with Gasteiger partial charge in [0, 0.05) is 35.5 Å². The van der Waals surface area contributed by atoms with Crippen molar-refractivity contribution in [1.29, 1.82) is 0 Å². The molecule has 1 heterocycles. The van der Waals surface area contributed by atoms with Gasteiger partial charge in [0.15, 0.2) is 5.78 Å². The molecule has 6 nitrogen and oxygen atoms in total. The number of primary amides is 1. The van der Waals surface area contributed by atoms with E-state index < -0.39 is 0 Å². The van der Waals surface area contributed by atoms with Crippen LogP contribution in [0.5, 0.6) is 0 Å². The molecule has 1 amide bonds. The van der Waals surface area contributed by atoms with Gasteiger partial charge in [0.1, 0.15) is 0 Å². The minimum atomic E-state index is -0.206. The van der Waals surface area contributed by atoms with Gasteiger partial charge in [0.05, 0.1) is 0 Å². The van der Waals surface area contributed by atoms with Gasteiger partial charge in [-0.15, -0.1) is 0 Å². The second kappa shape index (κ2) is 11.1. The maximum absolute atomic E-state index is 12.5. The maximum Gasteiger partial charge on any atom is 0.227 e. The van der Waals surface area contributed by atoms with Gasteiger partial charge < -0.3 is 11.1 Å². The number of nitrogens with two attached hydrogens (primary N) is 1. The molecule has 1 aliphatic rings. The van der Waals surface area contributed by atoms with E-state index in [0.717, 1.165) is 55.5 Å². The summed E-state index contributed by atoms with van der Waals surface area (Å²) in [5.74, 6) is 0.630. The molecule has 1 aromatic heterocycles. The zero-order chi connectivity index (χ0) is 23.9. The minimum Gasteiger partial charge on any atom is -0.369 e. The lowest BCUT2D eigenvalue weighted by molar-refractivity contribution is -0.122. The monoisotopic (exact) mass is 456 g/mol. The third kappa shape index (κ3) is 6.07. The van der Waals surface area contributed by atoms with Gasteiger partial charge in [-0.25, -0.2) is 9.97 Å². The molecular weight excluding hydrogens is 424 g/mol. The van der Waals surface area contributed by atoms with Crippen molar-refractivity contribution in [2.45, 2.75) is 51.9 Å². The van der Waals surface area contributed by atoms with Crippen LogP contribution in [0.1, 0.15) is 59.3 Å². The minimum absolute atomic E-state index is 0.0662. The van der Waals surface area contributed by atoms with E-state index in [1.54, 1.807) is 0 Å². The first-order chi connectivity index (χ1) is 16.5. The van der Waals surface area contributed by atoms with Crippen molar-refractivity contribution in [3.8, 4) is 0 Å². The number of aromatic nitrogens is 2. The highest BCUT2D eigenvalue weighted by Gasteiger charge is 2.32. The van der Waals surface area contributed by atoms with Crippen molar-refractivity contribution >= 4 is 23.3 Å². The first kappa shape index (κ1) is 23.6. The van der Waals surface area contributed by atoms with Gasteiger partial charge in [-0.3, -0.25) is 9.59 Å². The van der Waals surface area contributed by atoms with Gasteiger partial charge >= 0.3 is 0 Å². The average Bonchev–Trinajstić information content (AvgIpc) is 3.31.